The van der Waals surface area contributed by atoms with Gasteiger partial charge in [0.05, 0.1) is 5.60 Å². The summed E-state index contributed by atoms with van der Waals surface area (Å²) in [7, 11) is 4.40. The molecular formula is C19H30N2O. The van der Waals surface area contributed by atoms with E-state index in [1.807, 2.05) is 0 Å². The molecule has 0 N–H and O–H groups in total. The van der Waals surface area contributed by atoms with Gasteiger partial charge < -0.3 is 9.64 Å². The van der Waals surface area contributed by atoms with E-state index in [-0.39, 0.29) is 5.60 Å². The Labute approximate surface area is 135 Å². The number of likely N-dealkylation sites (tertiary alicyclic amines) is 1. The Morgan fingerprint density at radius 1 is 1.23 bits per heavy atom. The summed E-state index contributed by atoms with van der Waals surface area (Å²) >= 11 is 0. The van der Waals surface area contributed by atoms with Crippen LogP contribution in [0, 0.1) is 13.8 Å². The van der Waals surface area contributed by atoms with Crippen LogP contribution in [0.5, 0.6) is 0 Å². The Morgan fingerprint density at radius 3 is 2.64 bits per heavy atom. The molecule has 1 aromatic carbocycles. The highest BCUT2D eigenvalue weighted by Gasteiger charge is 2.43. The minimum absolute atomic E-state index is 0.103. The Morgan fingerprint density at radius 2 is 1.95 bits per heavy atom. The fraction of sp³-hybridized carbons (Fsp3) is 0.684. The van der Waals surface area contributed by atoms with E-state index in [1.54, 1.807) is 0 Å². The number of hydrogen-bond acceptors (Lipinski definition) is 3. The monoisotopic (exact) mass is 302 g/mol. The topological polar surface area (TPSA) is 15.7 Å². The Balaban J connectivity index is 1.64. The van der Waals surface area contributed by atoms with E-state index in [1.165, 1.54) is 36.0 Å². The Bertz CT molecular complexity index is 508. The van der Waals surface area contributed by atoms with Crippen molar-refractivity contribution in [3.63, 3.8) is 0 Å². The van der Waals surface area contributed by atoms with Crippen LogP contribution in [-0.2, 0) is 11.3 Å². The summed E-state index contributed by atoms with van der Waals surface area (Å²) in [5, 5.41) is 0. The van der Waals surface area contributed by atoms with Gasteiger partial charge in [-0.05, 0) is 52.8 Å². The molecule has 0 radical (unpaired) electrons. The highest BCUT2D eigenvalue weighted by Crippen LogP contribution is 2.36. The molecule has 2 atom stereocenters. The predicted molar refractivity (Wildman–Crippen MR) is 91.2 cm³/mol. The third-order valence-corrected chi connectivity index (χ3v) is 5.28. The molecule has 0 unspecified atom stereocenters. The summed E-state index contributed by atoms with van der Waals surface area (Å²) < 4.78 is 6.25. The zero-order valence-electron chi connectivity index (χ0n) is 14.6. The van der Waals surface area contributed by atoms with Crippen LogP contribution in [0.3, 0.4) is 0 Å². The summed E-state index contributed by atoms with van der Waals surface area (Å²) in [4.78, 5) is 4.95. The number of benzene rings is 1. The third-order valence-electron chi connectivity index (χ3n) is 5.28. The summed E-state index contributed by atoms with van der Waals surface area (Å²) in [5.74, 6) is 0. The van der Waals surface area contributed by atoms with Gasteiger partial charge in [-0.3, -0.25) is 4.90 Å². The SMILES string of the molecule is Cc1cc(C)cc(CN2CC[C@]3(C[C@@H](N(C)C)CCO3)C2)c1. The van der Waals surface area contributed by atoms with E-state index < -0.39 is 0 Å². The van der Waals surface area contributed by atoms with Crippen LogP contribution in [0.1, 0.15) is 36.0 Å². The van der Waals surface area contributed by atoms with Crippen molar-refractivity contribution in [1.29, 1.82) is 0 Å². The molecule has 0 amide bonds. The summed E-state index contributed by atoms with van der Waals surface area (Å²) in [6.07, 6.45) is 3.54. The molecule has 3 nitrogen and oxygen atoms in total. The maximum atomic E-state index is 6.25. The fourth-order valence-electron chi connectivity index (χ4n) is 4.21. The van der Waals surface area contributed by atoms with Crippen molar-refractivity contribution in [2.75, 3.05) is 33.8 Å². The maximum absolute atomic E-state index is 6.25. The fourth-order valence-corrected chi connectivity index (χ4v) is 4.21. The van der Waals surface area contributed by atoms with Crippen LogP contribution < -0.4 is 0 Å². The maximum Gasteiger partial charge on any atom is 0.0835 e. The lowest BCUT2D eigenvalue weighted by Gasteiger charge is -2.40. The molecule has 0 aromatic heterocycles. The van der Waals surface area contributed by atoms with Crippen molar-refractivity contribution in [2.24, 2.45) is 0 Å². The van der Waals surface area contributed by atoms with Crippen LogP contribution in [0.2, 0.25) is 0 Å². The van der Waals surface area contributed by atoms with Gasteiger partial charge in [-0.25, -0.2) is 0 Å². The Kier molecular flexibility index (Phi) is 4.58. The summed E-state index contributed by atoms with van der Waals surface area (Å²) in [6, 6.07) is 7.57. The second kappa shape index (κ2) is 6.31. The van der Waals surface area contributed by atoms with Crippen molar-refractivity contribution in [3.8, 4) is 0 Å². The van der Waals surface area contributed by atoms with Crippen LogP contribution in [0.4, 0.5) is 0 Å². The van der Waals surface area contributed by atoms with Gasteiger partial charge in [-0.2, -0.15) is 0 Å². The Hall–Kier alpha value is -0.900. The van der Waals surface area contributed by atoms with Crippen LogP contribution in [0.15, 0.2) is 18.2 Å². The molecule has 2 heterocycles. The van der Waals surface area contributed by atoms with Crippen LogP contribution >= 0.6 is 0 Å². The smallest absolute Gasteiger partial charge is 0.0835 e. The molecule has 1 aromatic rings. The molecule has 22 heavy (non-hydrogen) atoms. The van der Waals surface area contributed by atoms with E-state index in [9.17, 15) is 0 Å². The van der Waals surface area contributed by atoms with Crippen molar-refractivity contribution >= 4 is 0 Å². The molecule has 3 rings (SSSR count). The highest BCUT2D eigenvalue weighted by molar-refractivity contribution is 5.28. The van der Waals surface area contributed by atoms with Gasteiger partial charge >= 0.3 is 0 Å². The molecule has 2 aliphatic heterocycles. The van der Waals surface area contributed by atoms with Gasteiger partial charge in [0.15, 0.2) is 0 Å². The van der Waals surface area contributed by atoms with Gasteiger partial charge in [0.1, 0.15) is 0 Å². The number of hydrogen-bond donors (Lipinski definition) is 0. The van der Waals surface area contributed by atoms with Crippen molar-refractivity contribution < 1.29 is 4.74 Å². The van der Waals surface area contributed by atoms with E-state index in [0.717, 1.165) is 26.2 Å². The first-order valence-electron chi connectivity index (χ1n) is 8.56. The first-order chi connectivity index (χ1) is 10.5. The van der Waals surface area contributed by atoms with Crippen molar-refractivity contribution in [3.05, 3.63) is 34.9 Å². The van der Waals surface area contributed by atoms with Gasteiger partial charge in [-0.15, -0.1) is 0 Å². The van der Waals surface area contributed by atoms with Gasteiger partial charge in [0.2, 0.25) is 0 Å². The molecule has 2 saturated heterocycles. The zero-order valence-corrected chi connectivity index (χ0v) is 14.6. The van der Waals surface area contributed by atoms with Crippen LogP contribution in [-0.4, -0.2) is 55.2 Å². The average Bonchev–Trinajstić information content (AvgIpc) is 2.80. The average molecular weight is 302 g/mol. The van der Waals surface area contributed by atoms with E-state index in [0.29, 0.717) is 6.04 Å². The second-order valence-electron chi connectivity index (χ2n) is 7.60. The van der Waals surface area contributed by atoms with E-state index in [4.69, 9.17) is 4.74 Å². The minimum atomic E-state index is 0.103. The quantitative estimate of drug-likeness (QED) is 0.854. The molecule has 0 aliphatic carbocycles. The number of rotatable bonds is 3. The third kappa shape index (κ3) is 3.53. The lowest BCUT2D eigenvalue weighted by molar-refractivity contribution is -0.0932. The molecule has 2 aliphatic rings. The standard InChI is InChI=1S/C19H30N2O/c1-15-9-16(2)11-17(10-15)13-21-7-6-19(14-21)12-18(20(3)4)5-8-22-19/h9-11,18H,5-8,12-14H2,1-4H3/t18-,19-/m0/s1. The normalized spacial score (nSPS) is 29.6. The minimum Gasteiger partial charge on any atom is -0.373 e. The molecule has 0 saturated carbocycles. The lowest BCUT2D eigenvalue weighted by Crippen LogP contribution is -2.48. The van der Waals surface area contributed by atoms with E-state index in [2.05, 4.69) is 55.9 Å². The number of ether oxygens (including phenoxy) is 1. The summed E-state index contributed by atoms with van der Waals surface area (Å²) in [6.45, 7) is 8.60. The second-order valence-corrected chi connectivity index (χ2v) is 7.60. The first-order valence-corrected chi connectivity index (χ1v) is 8.56. The van der Waals surface area contributed by atoms with Gasteiger partial charge in [-0.1, -0.05) is 29.3 Å². The zero-order chi connectivity index (χ0) is 15.7. The molecule has 0 bridgehead atoms. The highest BCUT2D eigenvalue weighted by atomic mass is 16.5. The van der Waals surface area contributed by atoms with E-state index >= 15 is 0 Å². The van der Waals surface area contributed by atoms with Gasteiger partial charge in [0.25, 0.3) is 0 Å². The lowest BCUT2D eigenvalue weighted by atomic mass is 9.89. The molecule has 2 fully saturated rings. The predicted octanol–water partition coefficient (Wildman–Crippen LogP) is 2.99. The number of aryl methyl sites for hydroxylation is 2. The van der Waals surface area contributed by atoms with Crippen molar-refractivity contribution in [1.82, 2.24) is 9.80 Å². The number of nitrogens with zero attached hydrogens (tertiary/aromatic N) is 2. The van der Waals surface area contributed by atoms with Gasteiger partial charge in [0, 0.05) is 32.3 Å². The molecule has 122 valence electrons. The molecule has 1 spiro atoms. The van der Waals surface area contributed by atoms with Crippen LogP contribution in [0.25, 0.3) is 0 Å². The van der Waals surface area contributed by atoms with Crippen molar-refractivity contribution in [2.45, 2.75) is 51.3 Å². The first kappa shape index (κ1) is 16.0. The molecule has 3 heteroatoms. The summed E-state index contributed by atoms with van der Waals surface area (Å²) in [5.41, 5.74) is 4.28. The largest absolute Gasteiger partial charge is 0.373 e. The molecular weight excluding hydrogens is 272 g/mol.